The van der Waals surface area contributed by atoms with Crippen LogP contribution < -0.4 is 5.32 Å². The summed E-state index contributed by atoms with van der Waals surface area (Å²) in [6.45, 7) is 8.54. The third kappa shape index (κ3) is 5.31. The molecule has 1 aromatic carbocycles. The third-order valence-electron chi connectivity index (χ3n) is 3.33. The van der Waals surface area contributed by atoms with E-state index in [0.717, 1.165) is 23.7 Å². The van der Waals surface area contributed by atoms with E-state index >= 15 is 0 Å². The van der Waals surface area contributed by atoms with Crippen molar-refractivity contribution in [3.63, 3.8) is 0 Å². The minimum atomic E-state index is 0. The molecule has 0 aliphatic rings. The van der Waals surface area contributed by atoms with Crippen LogP contribution >= 0.6 is 24.0 Å². The first-order valence-electron chi connectivity index (χ1n) is 6.89. The number of likely N-dealkylation sites (N-methyl/N-ethyl adjacent to an activating group) is 1. The number of carbonyl (C=O) groups is 1. The summed E-state index contributed by atoms with van der Waals surface area (Å²) in [7, 11) is 0. The van der Waals surface area contributed by atoms with Crippen LogP contribution in [0.4, 0.5) is 0 Å². The lowest BCUT2D eigenvalue weighted by atomic mass is 10.0. The minimum absolute atomic E-state index is 0. The molecule has 1 amide bonds. The molecule has 20 heavy (non-hydrogen) atoms. The highest BCUT2D eigenvalue weighted by molar-refractivity contribution is 6.31. The molecule has 0 aliphatic heterocycles. The first-order chi connectivity index (χ1) is 9.13. The summed E-state index contributed by atoms with van der Waals surface area (Å²) in [6.07, 6.45) is 0.507. The van der Waals surface area contributed by atoms with Gasteiger partial charge in [-0.2, -0.15) is 0 Å². The third-order valence-corrected chi connectivity index (χ3v) is 3.68. The van der Waals surface area contributed by atoms with Crippen molar-refractivity contribution in [3.05, 3.63) is 34.9 Å². The normalized spacial score (nSPS) is 11.8. The van der Waals surface area contributed by atoms with Gasteiger partial charge in [-0.3, -0.25) is 9.69 Å². The molecule has 114 valence electrons. The van der Waals surface area contributed by atoms with E-state index in [0.29, 0.717) is 13.0 Å². The van der Waals surface area contributed by atoms with Crippen LogP contribution in [0.2, 0.25) is 5.02 Å². The fraction of sp³-hybridized carbons (Fsp3) is 0.533. The summed E-state index contributed by atoms with van der Waals surface area (Å²) in [5, 5.41) is 3.72. The molecule has 1 N–H and O–H groups in total. The monoisotopic (exact) mass is 318 g/mol. The highest BCUT2D eigenvalue weighted by Crippen LogP contribution is 2.26. The van der Waals surface area contributed by atoms with E-state index in [1.165, 1.54) is 0 Å². The molecule has 0 aliphatic carbocycles. The zero-order valence-electron chi connectivity index (χ0n) is 12.4. The van der Waals surface area contributed by atoms with Gasteiger partial charge in [0.1, 0.15) is 0 Å². The lowest BCUT2D eigenvalue weighted by molar-refractivity contribution is -0.121. The van der Waals surface area contributed by atoms with Crippen LogP contribution in [0.5, 0.6) is 0 Å². The SMILES string of the molecule is CCC(=O)NCC(c1ccccc1Cl)N(CC)CC.Cl. The van der Waals surface area contributed by atoms with Crippen molar-refractivity contribution in [1.82, 2.24) is 10.2 Å². The first kappa shape index (κ1) is 19.2. The largest absolute Gasteiger partial charge is 0.354 e. The standard InChI is InChI=1S/C15H23ClN2O.ClH/c1-4-15(19)17-11-14(18(5-2)6-3)12-9-7-8-10-13(12)16;/h7-10,14H,4-6,11H2,1-3H3,(H,17,19);1H. The maximum absolute atomic E-state index is 11.5. The van der Waals surface area contributed by atoms with Gasteiger partial charge in [-0.15, -0.1) is 12.4 Å². The average molecular weight is 319 g/mol. The molecule has 0 radical (unpaired) electrons. The van der Waals surface area contributed by atoms with Crippen molar-refractivity contribution in [2.75, 3.05) is 19.6 Å². The summed E-state index contributed by atoms with van der Waals surface area (Å²) in [6, 6.07) is 7.97. The van der Waals surface area contributed by atoms with Gasteiger partial charge in [0, 0.05) is 18.0 Å². The Hall–Kier alpha value is -0.770. The van der Waals surface area contributed by atoms with E-state index in [9.17, 15) is 4.79 Å². The molecule has 0 saturated carbocycles. The second-order valence-corrected chi connectivity index (χ2v) is 4.82. The highest BCUT2D eigenvalue weighted by Gasteiger charge is 2.20. The van der Waals surface area contributed by atoms with Gasteiger partial charge >= 0.3 is 0 Å². The van der Waals surface area contributed by atoms with Crippen molar-refractivity contribution in [3.8, 4) is 0 Å². The van der Waals surface area contributed by atoms with Crippen LogP contribution in [0.1, 0.15) is 38.8 Å². The number of halogens is 2. The fourth-order valence-corrected chi connectivity index (χ4v) is 2.44. The molecule has 1 unspecified atom stereocenters. The Morgan fingerprint density at radius 3 is 2.35 bits per heavy atom. The quantitative estimate of drug-likeness (QED) is 0.832. The Kier molecular flexibility index (Phi) is 9.64. The van der Waals surface area contributed by atoms with Crippen LogP contribution in [0.15, 0.2) is 24.3 Å². The predicted octanol–water partition coefficient (Wildman–Crippen LogP) is 3.67. The maximum Gasteiger partial charge on any atom is 0.219 e. The van der Waals surface area contributed by atoms with Gasteiger partial charge in [-0.25, -0.2) is 0 Å². The van der Waals surface area contributed by atoms with Crippen molar-refractivity contribution in [2.24, 2.45) is 0 Å². The fourth-order valence-electron chi connectivity index (χ4n) is 2.18. The first-order valence-corrected chi connectivity index (χ1v) is 7.26. The molecule has 1 rings (SSSR count). The van der Waals surface area contributed by atoms with Crippen molar-refractivity contribution in [2.45, 2.75) is 33.2 Å². The van der Waals surface area contributed by atoms with E-state index in [4.69, 9.17) is 11.6 Å². The van der Waals surface area contributed by atoms with Gasteiger partial charge in [0.2, 0.25) is 5.91 Å². The second-order valence-electron chi connectivity index (χ2n) is 4.42. The molecular weight excluding hydrogens is 295 g/mol. The number of hydrogen-bond acceptors (Lipinski definition) is 2. The maximum atomic E-state index is 11.5. The van der Waals surface area contributed by atoms with Gasteiger partial charge in [-0.1, -0.05) is 50.6 Å². The van der Waals surface area contributed by atoms with Crippen LogP contribution in [-0.4, -0.2) is 30.4 Å². The van der Waals surface area contributed by atoms with E-state index < -0.39 is 0 Å². The Morgan fingerprint density at radius 1 is 1.25 bits per heavy atom. The van der Waals surface area contributed by atoms with Gasteiger partial charge in [0.15, 0.2) is 0 Å². The van der Waals surface area contributed by atoms with Gasteiger partial charge in [0.05, 0.1) is 6.04 Å². The number of nitrogens with one attached hydrogen (secondary N) is 1. The van der Waals surface area contributed by atoms with Crippen LogP contribution in [0.25, 0.3) is 0 Å². The predicted molar refractivity (Wildman–Crippen MR) is 87.7 cm³/mol. The summed E-state index contributed by atoms with van der Waals surface area (Å²) >= 11 is 6.29. The molecule has 1 aromatic rings. The van der Waals surface area contributed by atoms with E-state index in [2.05, 4.69) is 24.1 Å². The molecule has 0 spiro atoms. The number of carbonyl (C=O) groups excluding carboxylic acids is 1. The smallest absolute Gasteiger partial charge is 0.219 e. The Bertz CT molecular complexity index is 409. The molecule has 0 bridgehead atoms. The lowest BCUT2D eigenvalue weighted by Gasteiger charge is -2.30. The molecule has 3 nitrogen and oxygen atoms in total. The Morgan fingerprint density at radius 2 is 1.85 bits per heavy atom. The zero-order valence-corrected chi connectivity index (χ0v) is 13.9. The van der Waals surface area contributed by atoms with Gasteiger partial charge in [-0.05, 0) is 24.7 Å². The molecule has 1 atom stereocenters. The van der Waals surface area contributed by atoms with E-state index in [1.807, 2.05) is 31.2 Å². The average Bonchev–Trinajstić information content (AvgIpc) is 2.44. The summed E-state index contributed by atoms with van der Waals surface area (Å²) in [4.78, 5) is 13.8. The Balaban J connectivity index is 0.00000361. The molecule has 0 aromatic heterocycles. The van der Waals surface area contributed by atoms with Crippen molar-refractivity contribution >= 4 is 29.9 Å². The van der Waals surface area contributed by atoms with Crippen LogP contribution in [0, 0.1) is 0 Å². The van der Waals surface area contributed by atoms with Gasteiger partial charge in [0.25, 0.3) is 0 Å². The summed E-state index contributed by atoms with van der Waals surface area (Å²) in [5.41, 5.74) is 1.07. The molecule has 5 heteroatoms. The minimum Gasteiger partial charge on any atom is -0.354 e. The van der Waals surface area contributed by atoms with Crippen LogP contribution in [-0.2, 0) is 4.79 Å². The molecule has 0 fully saturated rings. The number of hydrogen-bond donors (Lipinski definition) is 1. The molecule has 0 heterocycles. The topological polar surface area (TPSA) is 32.3 Å². The van der Waals surface area contributed by atoms with Crippen LogP contribution in [0.3, 0.4) is 0 Å². The number of amides is 1. The second kappa shape index (κ2) is 10.0. The van der Waals surface area contributed by atoms with E-state index in [1.54, 1.807) is 0 Å². The number of rotatable bonds is 7. The van der Waals surface area contributed by atoms with Crippen molar-refractivity contribution in [1.29, 1.82) is 0 Å². The van der Waals surface area contributed by atoms with Crippen molar-refractivity contribution < 1.29 is 4.79 Å². The zero-order chi connectivity index (χ0) is 14.3. The highest BCUT2D eigenvalue weighted by atomic mass is 35.5. The van der Waals surface area contributed by atoms with E-state index in [-0.39, 0.29) is 24.4 Å². The number of benzene rings is 1. The lowest BCUT2D eigenvalue weighted by Crippen LogP contribution is -2.38. The van der Waals surface area contributed by atoms with Gasteiger partial charge < -0.3 is 5.32 Å². The molecular formula is C15H24Cl2N2O. The number of nitrogens with zero attached hydrogens (tertiary/aromatic N) is 1. The molecule has 0 saturated heterocycles. The Labute approximate surface area is 133 Å². The summed E-state index contributed by atoms with van der Waals surface area (Å²) in [5.74, 6) is 0.0733. The summed E-state index contributed by atoms with van der Waals surface area (Å²) < 4.78 is 0.